The molecule has 0 heterocycles. The van der Waals surface area contributed by atoms with Crippen LogP contribution in [0.4, 0.5) is 0 Å². The molecule has 0 saturated carbocycles. The van der Waals surface area contributed by atoms with Gasteiger partial charge in [0.2, 0.25) is 0 Å². The van der Waals surface area contributed by atoms with E-state index in [0.717, 1.165) is 61.2 Å². The van der Waals surface area contributed by atoms with Crippen molar-refractivity contribution in [3.05, 3.63) is 71.8 Å². The fourth-order valence-electron chi connectivity index (χ4n) is 9.31. The first-order valence-corrected chi connectivity index (χ1v) is 22.4. The minimum absolute atomic E-state index is 0.283. The van der Waals surface area contributed by atoms with Crippen molar-refractivity contribution in [1.29, 1.82) is 0 Å². The molecule has 3 nitrogen and oxygen atoms in total. The second-order valence-corrected chi connectivity index (χ2v) is 18.3. The van der Waals surface area contributed by atoms with E-state index in [-0.39, 0.29) is 12.6 Å². The molecular formula is C50H86O3. The van der Waals surface area contributed by atoms with Gasteiger partial charge in [0.05, 0.1) is 13.2 Å². The van der Waals surface area contributed by atoms with E-state index in [1.807, 2.05) is 0 Å². The molecule has 2 aromatic carbocycles. The van der Waals surface area contributed by atoms with Gasteiger partial charge in [-0.15, -0.1) is 0 Å². The van der Waals surface area contributed by atoms with Crippen LogP contribution in [-0.2, 0) is 27.4 Å². The Morgan fingerprint density at radius 3 is 1.00 bits per heavy atom. The molecule has 0 saturated heterocycles. The third-order valence-electron chi connectivity index (χ3n) is 11.5. The molecule has 10 unspecified atom stereocenters. The first-order valence-electron chi connectivity index (χ1n) is 22.4. The summed E-state index contributed by atoms with van der Waals surface area (Å²) >= 11 is 0. The summed E-state index contributed by atoms with van der Waals surface area (Å²) < 4.78 is 19.9. The lowest BCUT2D eigenvalue weighted by Gasteiger charge is -2.27. The van der Waals surface area contributed by atoms with Crippen molar-refractivity contribution >= 4 is 0 Å². The Labute approximate surface area is 330 Å². The topological polar surface area (TPSA) is 27.7 Å². The highest BCUT2D eigenvalue weighted by molar-refractivity contribution is 5.14. The standard InChI is InChI=1S/C50H86O3/c1-11-21-39(3)31-43(7)35-45(9)33-41(5)23-19-29-49(51-37-47-25-15-13-16-26-47)53-50(52-38-48-27-17-14-18-28-48)30-20-24-42(6)34-46(10)36-44(8)32-40(4)22-12-2/h13-18,25-28,39-46,49-50H,11-12,19-24,29-38H2,1-10H3. The average Bonchev–Trinajstić information content (AvgIpc) is 3.09. The Kier molecular flexibility index (Phi) is 25.7. The third kappa shape index (κ3) is 23.8. The van der Waals surface area contributed by atoms with E-state index in [1.165, 1.54) is 88.2 Å². The maximum absolute atomic E-state index is 6.79. The fourth-order valence-corrected chi connectivity index (χ4v) is 9.31. The number of benzene rings is 2. The van der Waals surface area contributed by atoms with Crippen LogP contribution in [0, 0.1) is 47.3 Å². The summed E-state index contributed by atoms with van der Waals surface area (Å²) in [4.78, 5) is 0. The Bertz CT molecular complexity index is 1020. The first-order chi connectivity index (χ1) is 25.5. The second-order valence-electron chi connectivity index (χ2n) is 18.3. The highest BCUT2D eigenvalue weighted by Gasteiger charge is 2.21. The predicted molar refractivity (Wildman–Crippen MR) is 230 cm³/mol. The fraction of sp³-hybridized carbons (Fsp3) is 0.760. The van der Waals surface area contributed by atoms with Gasteiger partial charge in [-0.2, -0.15) is 0 Å². The van der Waals surface area contributed by atoms with Crippen molar-refractivity contribution in [1.82, 2.24) is 0 Å². The minimum atomic E-state index is -0.283. The molecule has 0 N–H and O–H groups in total. The Morgan fingerprint density at radius 1 is 0.377 bits per heavy atom. The second kappa shape index (κ2) is 28.7. The van der Waals surface area contributed by atoms with Gasteiger partial charge < -0.3 is 14.2 Å². The van der Waals surface area contributed by atoms with Crippen molar-refractivity contribution in [3.63, 3.8) is 0 Å². The highest BCUT2D eigenvalue weighted by Crippen LogP contribution is 2.30. The molecule has 0 aliphatic heterocycles. The zero-order valence-electron chi connectivity index (χ0n) is 36.5. The summed E-state index contributed by atoms with van der Waals surface area (Å²) in [7, 11) is 0. The quantitative estimate of drug-likeness (QED) is 0.0701. The summed E-state index contributed by atoms with van der Waals surface area (Å²) in [5.74, 6) is 6.29. The van der Waals surface area contributed by atoms with Crippen LogP contribution in [-0.4, -0.2) is 12.6 Å². The summed E-state index contributed by atoms with van der Waals surface area (Å²) in [6.45, 7) is 25.4. The number of hydrogen-bond donors (Lipinski definition) is 0. The van der Waals surface area contributed by atoms with Gasteiger partial charge in [-0.25, -0.2) is 0 Å². The number of hydrogen-bond acceptors (Lipinski definition) is 3. The van der Waals surface area contributed by atoms with E-state index in [1.54, 1.807) is 0 Å². The molecule has 0 amide bonds. The molecule has 53 heavy (non-hydrogen) atoms. The smallest absolute Gasteiger partial charge is 0.161 e. The molecule has 0 radical (unpaired) electrons. The van der Waals surface area contributed by atoms with Crippen molar-refractivity contribution in [2.24, 2.45) is 47.3 Å². The molecule has 3 heteroatoms. The molecule has 304 valence electrons. The lowest BCUT2D eigenvalue weighted by atomic mass is 9.83. The van der Waals surface area contributed by atoms with Gasteiger partial charge in [0.1, 0.15) is 0 Å². The van der Waals surface area contributed by atoms with Crippen LogP contribution in [0.5, 0.6) is 0 Å². The largest absolute Gasteiger partial charge is 0.348 e. The molecule has 0 aliphatic rings. The first kappa shape index (κ1) is 47.5. The van der Waals surface area contributed by atoms with Gasteiger partial charge in [0.15, 0.2) is 12.6 Å². The maximum atomic E-state index is 6.79. The number of rotatable bonds is 32. The van der Waals surface area contributed by atoms with Crippen molar-refractivity contribution in [2.75, 3.05) is 0 Å². The highest BCUT2D eigenvalue weighted by atomic mass is 16.8. The van der Waals surface area contributed by atoms with Crippen molar-refractivity contribution in [2.45, 2.75) is 198 Å². The minimum Gasteiger partial charge on any atom is -0.348 e. The molecule has 0 fully saturated rings. The average molecular weight is 735 g/mol. The molecule has 10 atom stereocenters. The maximum Gasteiger partial charge on any atom is 0.161 e. The monoisotopic (exact) mass is 735 g/mol. The molecule has 2 aromatic rings. The SMILES string of the molecule is CCCC(C)CC(C)CC(C)CC(C)CCCC(OCc1ccccc1)OC(CCCC(C)CC(C)CC(C)CC(C)CCC)OCc1ccccc1. The van der Waals surface area contributed by atoms with Gasteiger partial charge in [-0.1, -0.05) is 168 Å². The number of ether oxygens (including phenoxy) is 3. The molecule has 0 aliphatic carbocycles. The van der Waals surface area contributed by atoms with Crippen molar-refractivity contribution < 1.29 is 14.2 Å². The summed E-state index contributed by atoms with van der Waals surface area (Å²) in [5.41, 5.74) is 2.37. The van der Waals surface area contributed by atoms with Gasteiger partial charge in [-0.05, 0) is 123 Å². The summed E-state index contributed by atoms with van der Waals surface area (Å²) in [6, 6.07) is 21.0. The van der Waals surface area contributed by atoms with Gasteiger partial charge in [0.25, 0.3) is 0 Å². The van der Waals surface area contributed by atoms with E-state index in [0.29, 0.717) is 25.0 Å². The van der Waals surface area contributed by atoms with Gasteiger partial charge in [0, 0.05) is 0 Å². The Balaban J connectivity index is 1.97. The summed E-state index contributed by atoms with van der Waals surface area (Å²) in [6.07, 6.45) is 19.2. The van der Waals surface area contributed by atoms with Gasteiger partial charge >= 0.3 is 0 Å². The molecule has 0 aromatic heterocycles. The Hall–Kier alpha value is -1.68. The lowest BCUT2D eigenvalue weighted by Crippen LogP contribution is -2.27. The van der Waals surface area contributed by atoms with Crippen LogP contribution in [0.2, 0.25) is 0 Å². The van der Waals surface area contributed by atoms with Crippen LogP contribution in [0.1, 0.15) is 183 Å². The van der Waals surface area contributed by atoms with Crippen LogP contribution >= 0.6 is 0 Å². The van der Waals surface area contributed by atoms with Gasteiger partial charge in [-0.3, -0.25) is 0 Å². The Morgan fingerprint density at radius 2 is 0.679 bits per heavy atom. The molecular weight excluding hydrogens is 649 g/mol. The van der Waals surface area contributed by atoms with E-state index < -0.39 is 0 Å². The van der Waals surface area contributed by atoms with E-state index >= 15 is 0 Å². The molecule has 0 bridgehead atoms. The van der Waals surface area contributed by atoms with Crippen LogP contribution in [0.3, 0.4) is 0 Å². The zero-order valence-corrected chi connectivity index (χ0v) is 36.5. The van der Waals surface area contributed by atoms with Crippen molar-refractivity contribution in [3.8, 4) is 0 Å². The summed E-state index contributed by atoms with van der Waals surface area (Å²) in [5, 5.41) is 0. The van der Waals surface area contributed by atoms with Crippen LogP contribution < -0.4 is 0 Å². The zero-order chi connectivity index (χ0) is 38.8. The lowest BCUT2D eigenvalue weighted by molar-refractivity contribution is -0.257. The van der Waals surface area contributed by atoms with E-state index in [9.17, 15) is 0 Å². The predicted octanol–water partition coefficient (Wildman–Crippen LogP) is 15.5. The normalized spacial score (nSPS) is 17.7. The molecule has 2 rings (SSSR count). The van der Waals surface area contributed by atoms with E-state index in [4.69, 9.17) is 14.2 Å². The molecule has 0 spiro atoms. The van der Waals surface area contributed by atoms with Crippen LogP contribution in [0.25, 0.3) is 0 Å². The van der Waals surface area contributed by atoms with E-state index in [2.05, 4.69) is 130 Å². The third-order valence-corrected chi connectivity index (χ3v) is 11.5. The van der Waals surface area contributed by atoms with Crippen LogP contribution in [0.15, 0.2) is 60.7 Å².